The molecule has 1 aliphatic rings. The highest BCUT2D eigenvalue weighted by molar-refractivity contribution is 6.02. The normalized spacial score (nSPS) is 17.8. The van der Waals surface area contributed by atoms with Gasteiger partial charge in [-0.05, 0) is 37.3 Å². The molecule has 0 bridgehead atoms. The molecule has 1 aliphatic heterocycles. The molecule has 4 heteroatoms. The Labute approximate surface area is 114 Å². The lowest BCUT2D eigenvalue weighted by Crippen LogP contribution is -2.35. The number of nitrogens with zero attached hydrogens (tertiary/aromatic N) is 2. The second kappa shape index (κ2) is 5.95. The molecule has 1 aromatic carbocycles. The van der Waals surface area contributed by atoms with Crippen molar-refractivity contribution in [3.05, 3.63) is 29.3 Å². The summed E-state index contributed by atoms with van der Waals surface area (Å²) in [6.45, 7) is 6.44. The van der Waals surface area contributed by atoms with Crippen LogP contribution in [0.25, 0.3) is 0 Å². The average Bonchev–Trinajstić information content (AvgIpc) is 2.46. The van der Waals surface area contributed by atoms with Crippen LogP contribution >= 0.6 is 0 Å². The summed E-state index contributed by atoms with van der Waals surface area (Å²) >= 11 is 0. The van der Waals surface area contributed by atoms with Crippen LogP contribution < -0.4 is 10.6 Å². The molecular weight excluding hydrogens is 238 g/mol. The van der Waals surface area contributed by atoms with Crippen LogP contribution in [0.2, 0.25) is 0 Å². The van der Waals surface area contributed by atoms with Gasteiger partial charge < -0.3 is 15.8 Å². The number of oxime groups is 1. The number of amidine groups is 1. The van der Waals surface area contributed by atoms with Crippen LogP contribution in [-0.4, -0.2) is 24.1 Å². The van der Waals surface area contributed by atoms with Crippen LogP contribution in [0, 0.1) is 12.8 Å². The van der Waals surface area contributed by atoms with Crippen molar-refractivity contribution in [1.29, 1.82) is 0 Å². The lowest BCUT2D eigenvalue weighted by atomic mass is 9.93. The van der Waals surface area contributed by atoms with Gasteiger partial charge in [-0.2, -0.15) is 0 Å². The van der Waals surface area contributed by atoms with Crippen molar-refractivity contribution >= 4 is 11.5 Å². The maximum atomic E-state index is 8.93. The number of hydrogen-bond donors (Lipinski definition) is 2. The van der Waals surface area contributed by atoms with Gasteiger partial charge in [-0.25, -0.2) is 0 Å². The van der Waals surface area contributed by atoms with Gasteiger partial charge in [-0.1, -0.05) is 30.6 Å². The molecule has 3 N–H and O–H groups in total. The van der Waals surface area contributed by atoms with E-state index in [9.17, 15) is 0 Å². The van der Waals surface area contributed by atoms with Crippen LogP contribution in [0.15, 0.2) is 23.4 Å². The number of rotatable bonds is 3. The number of piperidine rings is 1. The number of para-hydroxylation sites is 1. The molecule has 0 saturated carbocycles. The van der Waals surface area contributed by atoms with Gasteiger partial charge in [0, 0.05) is 18.7 Å². The molecule has 0 atom stereocenters. The highest BCUT2D eigenvalue weighted by Crippen LogP contribution is 2.30. The van der Waals surface area contributed by atoms with Gasteiger partial charge in [0.2, 0.25) is 0 Å². The smallest absolute Gasteiger partial charge is 0.172 e. The van der Waals surface area contributed by atoms with Crippen molar-refractivity contribution in [3.63, 3.8) is 0 Å². The first-order valence-electron chi connectivity index (χ1n) is 6.99. The molecule has 0 amide bonds. The van der Waals surface area contributed by atoms with Gasteiger partial charge in [-0.15, -0.1) is 0 Å². The average molecular weight is 261 g/mol. The molecule has 4 nitrogen and oxygen atoms in total. The second-order valence-corrected chi connectivity index (χ2v) is 5.29. The molecule has 0 aromatic heterocycles. The number of aryl methyl sites for hydroxylation is 1. The van der Waals surface area contributed by atoms with E-state index in [1.807, 2.05) is 12.1 Å². The van der Waals surface area contributed by atoms with Crippen LogP contribution in [0.1, 0.15) is 37.3 Å². The molecule has 0 spiro atoms. The van der Waals surface area contributed by atoms with E-state index in [0.717, 1.165) is 30.3 Å². The first-order chi connectivity index (χ1) is 9.17. The summed E-state index contributed by atoms with van der Waals surface area (Å²) in [5, 5.41) is 12.1. The van der Waals surface area contributed by atoms with E-state index < -0.39 is 0 Å². The van der Waals surface area contributed by atoms with Crippen LogP contribution in [-0.2, 0) is 0 Å². The SMILES string of the molecule is CCC1CCN(c2c(C)cccc2/C(N)=N/O)CC1. The van der Waals surface area contributed by atoms with Gasteiger partial charge in [0.25, 0.3) is 0 Å². The van der Waals surface area contributed by atoms with E-state index in [1.165, 1.54) is 24.8 Å². The Bertz CT molecular complexity index is 462. The quantitative estimate of drug-likeness (QED) is 0.380. The lowest BCUT2D eigenvalue weighted by Gasteiger charge is -2.35. The van der Waals surface area contributed by atoms with E-state index in [2.05, 4.69) is 30.0 Å². The summed E-state index contributed by atoms with van der Waals surface area (Å²) in [4.78, 5) is 2.37. The van der Waals surface area contributed by atoms with Gasteiger partial charge >= 0.3 is 0 Å². The number of anilines is 1. The topological polar surface area (TPSA) is 61.8 Å². The molecule has 0 radical (unpaired) electrons. The molecule has 0 unspecified atom stereocenters. The highest BCUT2D eigenvalue weighted by Gasteiger charge is 2.22. The Morgan fingerprint density at radius 3 is 2.68 bits per heavy atom. The number of nitrogens with two attached hydrogens (primary N) is 1. The first-order valence-corrected chi connectivity index (χ1v) is 6.99. The third-order valence-corrected chi connectivity index (χ3v) is 4.13. The molecule has 2 rings (SSSR count). The van der Waals surface area contributed by atoms with Crippen molar-refractivity contribution < 1.29 is 5.21 Å². The van der Waals surface area contributed by atoms with Crippen molar-refractivity contribution in [2.45, 2.75) is 33.1 Å². The second-order valence-electron chi connectivity index (χ2n) is 5.29. The fourth-order valence-electron chi connectivity index (χ4n) is 2.90. The largest absolute Gasteiger partial charge is 0.409 e. The van der Waals surface area contributed by atoms with Gasteiger partial charge in [-0.3, -0.25) is 0 Å². The van der Waals surface area contributed by atoms with Crippen LogP contribution in [0.4, 0.5) is 5.69 Å². The molecular formula is C15H23N3O. The van der Waals surface area contributed by atoms with Gasteiger partial charge in [0.05, 0.1) is 5.69 Å². The first kappa shape index (κ1) is 13.7. The molecule has 1 aromatic rings. The van der Waals surface area contributed by atoms with E-state index in [0.29, 0.717) is 0 Å². The molecule has 1 fully saturated rings. The fraction of sp³-hybridized carbons (Fsp3) is 0.533. The van der Waals surface area contributed by atoms with Crippen molar-refractivity contribution in [2.24, 2.45) is 16.8 Å². The Kier molecular flexibility index (Phi) is 4.30. The molecule has 104 valence electrons. The summed E-state index contributed by atoms with van der Waals surface area (Å²) in [5.74, 6) is 1.03. The zero-order valence-electron chi connectivity index (χ0n) is 11.8. The number of hydrogen-bond acceptors (Lipinski definition) is 3. The van der Waals surface area contributed by atoms with Crippen LogP contribution in [0.5, 0.6) is 0 Å². The summed E-state index contributed by atoms with van der Waals surface area (Å²) in [6, 6.07) is 5.95. The standard InChI is InChI=1S/C15H23N3O/c1-3-12-7-9-18(10-8-12)14-11(2)5-4-6-13(14)15(16)17-19/h4-6,12,19H,3,7-10H2,1-2H3,(H2,16,17). The maximum absolute atomic E-state index is 8.93. The van der Waals surface area contributed by atoms with Gasteiger partial charge in [0.15, 0.2) is 5.84 Å². The minimum Gasteiger partial charge on any atom is -0.409 e. The Hall–Kier alpha value is -1.71. The Morgan fingerprint density at radius 1 is 1.42 bits per heavy atom. The Morgan fingerprint density at radius 2 is 2.11 bits per heavy atom. The highest BCUT2D eigenvalue weighted by atomic mass is 16.4. The van der Waals surface area contributed by atoms with Crippen LogP contribution in [0.3, 0.4) is 0 Å². The summed E-state index contributed by atoms with van der Waals surface area (Å²) in [6.07, 6.45) is 3.70. The maximum Gasteiger partial charge on any atom is 0.172 e. The van der Waals surface area contributed by atoms with Crippen molar-refractivity contribution in [2.75, 3.05) is 18.0 Å². The predicted molar refractivity (Wildman–Crippen MR) is 78.9 cm³/mol. The molecule has 1 heterocycles. The number of benzene rings is 1. The predicted octanol–water partition coefficient (Wildman–Crippen LogP) is 2.72. The zero-order valence-corrected chi connectivity index (χ0v) is 11.8. The van der Waals surface area contributed by atoms with E-state index in [1.54, 1.807) is 0 Å². The van der Waals surface area contributed by atoms with Gasteiger partial charge in [0.1, 0.15) is 0 Å². The Balaban J connectivity index is 2.29. The minimum absolute atomic E-state index is 0.191. The molecule has 0 aliphatic carbocycles. The summed E-state index contributed by atoms with van der Waals surface area (Å²) in [7, 11) is 0. The molecule has 19 heavy (non-hydrogen) atoms. The third-order valence-electron chi connectivity index (χ3n) is 4.13. The monoisotopic (exact) mass is 261 g/mol. The van der Waals surface area contributed by atoms with Crippen molar-refractivity contribution in [3.8, 4) is 0 Å². The third kappa shape index (κ3) is 2.83. The van der Waals surface area contributed by atoms with E-state index >= 15 is 0 Å². The van der Waals surface area contributed by atoms with E-state index in [-0.39, 0.29) is 5.84 Å². The zero-order chi connectivity index (χ0) is 13.8. The summed E-state index contributed by atoms with van der Waals surface area (Å²) in [5.41, 5.74) is 8.93. The lowest BCUT2D eigenvalue weighted by molar-refractivity contribution is 0.318. The minimum atomic E-state index is 0.191. The van der Waals surface area contributed by atoms with Crippen molar-refractivity contribution in [1.82, 2.24) is 0 Å². The fourth-order valence-corrected chi connectivity index (χ4v) is 2.90. The summed E-state index contributed by atoms with van der Waals surface area (Å²) < 4.78 is 0. The van der Waals surface area contributed by atoms with E-state index in [4.69, 9.17) is 10.9 Å². The molecule has 1 saturated heterocycles.